The van der Waals surface area contributed by atoms with Gasteiger partial charge >= 0.3 is 11.9 Å². The lowest BCUT2D eigenvalue weighted by Crippen LogP contribution is -2.45. The molecule has 0 aromatic carbocycles. The first kappa shape index (κ1) is 20.6. The topological polar surface area (TPSA) is 93.1 Å². The molecule has 4 aliphatic rings. The van der Waals surface area contributed by atoms with Gasteiger partial charge in [0.15, 0.2) is 0 Å². The molecule has 1 fully saturated rings. The van der Waals surface area contributed by atoms with Gasteiger partial charge in [0.1, 0.15) is 25.4 Å². The highest BCUT2D eigenvalue weighted by molar-refractivity contribution is 5.71. The summed E-state index contributed by atoms with van der Waals surface area (Å²) in [5, 5.41) is 18.0. The normalized spacial score (nSPS) is 40.7. The SMILES string of the molecule is C[C@]12C=CC(OC(=O)CO)CC1CCC1=C2CC[C@]2(C)C(OC(=O)CO)CC[C@@H]12. The maximum Gasteiger partial charge on any atom is 0.332 e. The van der Waals surface area contributed by atoms with Crippen LogP contribution in [0.4, 0.5) is 0 Å². The first-order valence-electron chi connectivity index (χ1n) is 10.8. The first-order chi connectivity index (χ1) is 13.8. The largest absolute Gasteiger partial charge is 0.460 e. The number of allylic oxidation sites excluding steroid dienone is 3. The van der Waals surface area contributed by atoms with Crippen molar-refractivity contribution >= 4 is 11.9 Å². The molecule has 0 bridgehead atoms. The number of esters is 2. The van der Waals surface area contributed by atoms with Crippen LogP contribution in [-0.4, -0.2) is 47.6 Å². The molecule has 0 aromatic rings. The van der Waals surface area contributed by atoms with Gasteiger partial charge in [-0.2, -0.15) is 0 Å². The highest BCUT2D eigenvalue weighted by atomic mass is 16.6. The van der Waals surface area contributed by atoms with Crippen molar-refractivity contribution in [2.75, 3.05) is 13.2 Å². The van der Waals surface area contributed by atoms with Gasteiger partial charge in [-0.05, 0) is 62.9 Å². The van der Waals surface area contributed by atoms with Crippen molar-refractivity contribution in [3.05, 3.63) is 23.3 Å². The Labute approximate surface area is 172 Å². The van der Waals surface area contributed by atoms with Crippen LogP contribution in [-0.2, 0) is 19.1 Å². The van der Waals surface area contributed by atoms with E-state index in [0.29, 0.717) is 11.8 Å². The number of hydrogen-bond acceptors (Lipinski definition) is 6. The Hall–Kier alpha value is -1.66. The third-order valence-corrected chi connectivity index (χ3v) is 8.22. The molecular weight excluding hydrogens is 372 g/mol. The number of carbonyl (C=O) groups excluding carboxylic acids is 2. The van der Waals surface area contributed by atoms with E-state index in [4.69, 9.17) is 19.7 Å². The summed E-state index contributed by atoms with van der Waals surface area (Å²) in [6, 6.07) is 0. The Balaban J connectivity index is 1.59. The van der Waals surface area contributed by atoms with Crippen molar-refractivity contribution in [3.8, 4) is 0 Å². The lowest BCUT2D eigenvalue weighted by molar-refractivity contribution is -0.158. The highest BCUT2D eigenvalue weighted by Gasteiger charge is 2.55. The van der Waals surface area contributed by atoms with E-state index in [9.17, 15) is 9.59 Å². The molecule has 1 saturated carbocycles. The van der Waals surface area contributed by atoms with Crippen molar-refractivity contribution in [1.82, 2.24) is 0 Å². The lowest BCUT2D eigenvalue weighted by atomic mass is 9.53. The Bertz CT molecular complexity index is 754. The number of carbonyl (C=O) groups is 2. The number of aliphatic hydroxyl groups is 2. The average Bonchev–Trinajstić information content (AvgIpc) is 3.04. The molecule has 4 rings (SSSR count). The standard InChI is InChI=1S/C23H32O6/c1-22-9-7-15(28-20(26)12-24)11-14(22)3-4-16-17-5-6-19(29-21(27)13-25)23(17,2)10-8-18(16)22/h7,9,14-15,17,19,24-25H,3-6,8,10-13H2,1-2H3/t14?,15?,17-,19?,22-,23-/m0/s1. The van der Waals surface area contributed by atoms with Gasteiger partial charge < -0.3 is 19.7 Å². The van der Waals surface area contributed by atoms with Crippen LogP contribution in [0.3, 0.4) is 0 Å². The van der Waals surface area contributed by atoms with Crippen LogP contribution >= 0.6 is 0 Å². The van der Waals surface area contributed by atoms with Crippen LogP contribution < -0.4 is 0 Å². The van der Waals surface area contributed by atoms with Crippen molar-refractivity contribution in [2.45, 2.75) is 71.0 Å². The van der Waals surface area contributed by atoms with E-state index in [1.807, 2.05) is 6.08 Å². The van der Waals surface area contributed by atoms with Gasteiger partial charge in [-0.1, -0.05) is 31.1 Å². The number of aliphatic hydroxyl groups excluding tert-OH is 2. The zero-order valence-electron chi connectivity index (χ0n) is 17.4. The molecule has 0 aliphatic heterocycles. The van der Waals surface area contributed by atoms with Crippen LogP contribution in [0.25, 0.3) is 0 Å². The summed E-state index contributed by atoms with van der Waals surface area (Å²) in [5.74, 6) is -0.233. The fraction of sp³-hybridized carbons (Fsp3) is 0.739. The highest BCUT2D eigenvalue weighted by Crippen LogP contribution is 2.62. The number of ether oxygens (including phenoxy) is 2. The van der Waals surface area contributed by atoms with E-state index >= 15 is 0 Å². The second kappa shape index (κ2) is 7.55. The minimum atomic E-state index is -0.580. The zero-order valence-corrected chi connectivity index (χ0v) is 17.4. The molecule has 4 aliphatic carbocycles. The molecule has 0 heterocycles. The molecule has 6 nitrogen and oxygen atoms in total. The monoisotopic (exact) mass is 404 g/mol. The van der Waals surface area contributed by atoms with Crippen molar-refractivity contribution in [1.29, 1.82) is 0 Å². The van der Waals surface area contributed by atoms with E-state index < -0.39 is 25.2 Å². The van der Waals surface area contributed by atoms with E-state index in [-0.39, 0.29) is 23.0 Å². The molecule has 29 heavy (non-hydrogen) atoms. The minimum absolute atomic E-state index is 0.0170. The fourth-order valence-corrected chi connectivity index (χ4v) is 6.64. The Morgan fingerprint density at radius 2 is 1.79 bits per heavy atom. The number of hydrogen-bond donors (Lipinski definition) is 2. The molecule has 160 valence electrons. The van der Waals surface area contributed by atoms with Gasteiger partial charge in [-0.15, -0.1) is 0 Å². The predicted molar refractivity (Wildman–Crippen MR) is 106 cm³/mol. The summed E-state index contributed by atoms with van der Waals surface area (Å²) >= 11 is 0. The molecule has 0 saturated heterocycles. The van der Waals surface area contributed by atoms with Crippen LogP contribution in [0.5, 0.6) is 0 Å². The summed E-state index contributed by atoms with van der Waals surface area (Å²) in [7, 11) is 0. The summed E-state index contributed by atoms with van der Waals surface area (Å²) < 4.78 is 11.0. The van der Waals surface area contributed by atoms with E-state index in [0.717, 1.165) is 44.9 Å². The zero-order chi connectivity index (χ0) is 20.8. The van der Waals surface area contributed by atoms with Crippen LogP contribution in [0.15, 0.2) is 23.3 Å². The third kappa shape index (κ3) is 3.34. The van der Waals surface area contributed by atoms with Gasteiger partial charge in [0, 0.05) is 10.8 Å². The number of fused-ring (bicyclic) bond motifs is 4. The quantitative estimate of drug-likeness (QED) is 0.553. The molecule has 0 spiro atoms. The molecular formula is C23H32O6. The average molecular weight is 405 g/mol. The van der Waals surface area contributed by atoms with E-state index in [1.165, 1.54) is 5.57 Å². The minimum Gasteiger partial charge on any atom is -0.460 e. The van der Waals surface area contributed by atoms with Crippen molar-refractivity contribution < 1.29 is 29.3 Å². The summed E-state index contributed by atoms with van der Waals surface area (Å²) in [6.07, 6.45) is 10.6. The third-order valence-electron chi connectivity index (χ3n) is 8.22. The van der Waals surface area contributed by atoms with Gasteiger partial charge in [0.25, 0.3) is 0 Å². The molecule has 6 atom stereocenters. The molecule has 3 unspecified atom stereocenters. The van der Waals surface area contributed by atoms with Crippen molar-refractivity contribution in [2.24, 2.45) is 22.7 Å². The second-order valence-electron chi connectivity index (χ2n) is 9.58. The van der Waals surface area contributed by atoms with Crippen LogP contribution in [0, 0.1) is 22.7 Å². The Morgan fingerprint density at radius 1 is 1.07 bits per heavy atom. The van der Waals surface area contributed by atoms with Crippen molar-refractivity contribution in [3.63, 3.8) is 0 Å². The smallest absolute Gasteiger partial charge is 0.332 e. The Kier molecular flexibility index (Phi) is 5.36. The summed E-state index contributed by atoms with van der Waals surface area (Å²) in [5.41, 5.74) is 3.02. The van der Waals surface area contributed by atoms with Gasteiger partial charge in [-0.25, -0.2) is 9.59 Å². The first-order valence-corrected chi connectivity index (χ1v) is 10.8. The molecule has 2 N–H and O–H groups in total. The summed E-state index contributed by atoms with van der Waals surface area (Å²) in [6.45, 7) is 3.43. The van der Waals surface area contributed by atoms with E-state index in [2.05, 4.69) is 19.9 Å². The van der Waals surface area contributed by atoms with Gasteiger partial charge in [0.05, 0.1) is 0 Å². The number of rotatable bonds is 4. The Morgan fingerprint density at radius 3 is 2.52 bits per heavy atom. The van der Waals surface area contributed by atoms with Gasteiger partial charge in [-0.3, -0.25) is 0 Å². The molecule has 0 aromatic heterocycles. The summed E-state index contributed by atoms with van der Waals surface area (Å²) in [4.78, 5) is 23.2. The van der Waals surface area contributed by atoms with Crippen LogP contribution in [0.2, 0.25) is 0 Å². The predicted octanol–water partition coefficient (Wildman–Crippen LogP) is 2.68. The molecule has 6 heteroatoms. The lowest BCUT2D eigenvalue weighted by Gasteiger charge is -2.52. The maximum atomic E-state index is 11.7. The molecule has 0 amide bonds. The van der Waals surface area contributed by atoms with E-state index in [1.54, 1.807) is 5.57 Å². The van der Waals surface area contributed by atoms with Crippen LogP contribution in [0.1, 0.15) is 58.8 Å². The second-order valence-corrected chi connectivity index (χ2v) is 9.58. The molecule has 0 radical (unpaired) electrons. The maximum absolute atomic E-state index is 11.7. The van der Waals surface area contributed by atoms with Gasteiger partial charge in [0.2, 0.25) is 0 Å². The fourth-order valence-electron chi connectivity index (χ4n) is 6.64.